The molecule has 7 nitrogen and oxygen atoms in total. The smallest absolute Gasteiger partial charge is 0.244 e. The van der Waals surface area contributed by atoms with E-state index in [0.29, 0.717) is 6.42 Å². The van der Waals surface area contributed by atoms with E-state index in [1.807, 2.05) is 37.3 Å². The van der Waals surface area contributed by atoms with E-state index in [1.165, 1.54) is 23.1 Å². The minimum Gasteiger partial charge on any atom is -0.352 e. The van der Waals surface area contributed by atoms with Crippen LogP contribution in [0.2, 0.25) is 0 Å². The highest BCUT2D eigenvalue weighted by Gasteiger charge is 2.33. The zero-order valence-corrected chi connectivity index (χ0v) is 21.1. The monoisotopic (exact) mass is 503 g/mol. The largest absolute Gasteiger partial charge is 0.352 e. The SMILES string of the molecule is CC[C@@H](C(=O)NC1CCCCC1)N(Cc1ccccc1)C(=O)CN(c1ccccc1F)S(C)(=O)=O. The van der Waals surface area contributed by atoms with Crippen molar-refractivity contribution < 1.29 is 22.4 Å². The number of nitrogens with one attached hydrogen (secondary N) is 1. The predicted molar refractivity (Wildman–Crippen MR) is 135 cm³/mol. The van der Waals surface area contributed by atoms with E-state index >= 15 is 0 Å². The fraction of sp³-hybridized carbons (Fsp3) is 0.462. The third-order valence-electron chi connectivity index (χ3n) is 6.33. The molecule has 0 bridgehead atoms. The van der Waals surface area contributed by atoms with Gasteiger partial charge in [-0.2, -0.15) is 0 Å². The van der Waals surface area contributed by atoms with Gasteiger partial charge in [0, 0.05) is 12.6 Å². The van der Waals surface area contributed by atoms with Gasteiger partial charge in [-0.25, -0.2) is 12.8 Å². The maximum Gasteiger partial charge on any atom is 0.244 e. The Morgan fingerprint density at radius 3 is 2.26 bits per heavy atom. The third kappa shape index (κ3) is 7.27. The van der Waals surface area contributed by atoms with E-state index in [2.05, 4.69) is 5.32 Å². The van der Waals surface area contributed by atoms with Crippen LogP contribution in [0.25, 0.3) is 0 Å². The van der Waals surface area contributed by atoms with Crippen LogP contribution in [0.1, 0.15) is 51.0 Å². The number of carbonyl (C=O) groups excluding carboxylic acids is 2. The van der Waals surface area contributed by atoms with Crippen LogP contribution in [0.15, 0.2) is 54.6 Å². The summed E-state index contributed by atoms with van der Waals surface area (Å²) in [7, 11) is -3.97. The molecule has 1 aliphatic carbocycles. The van der Waals surface area contributed by atoms with Gasteiger partial charge in [0.25, 0.3) is 0 Å². The Morgan fingerprint density at radius 1 is 1.03 bits per heavy atom. The normalized spacial score (nSPS) is 15.3. The number of benzene rings is 2. The Hall–Kier alpha value is -2.94. The first-order valence-electron chi connectivity index (χ1n) is 12.1. The van der Waals surface area contributed by atoms with E-state index < -0.39 is 34.3 Å². The molecule has 1 atom stereocenters. The van der Waals surface area contributed by atoms with Gasteiger partial charge in [-0.05, 0) is 37.0 Å². The fourth-order valence-corrected chi connectivity index (χ4v) is 5.34. The van der Waals surface area contributed by atoms with Gasteiger partial charge in [0.05, 0.1) is 11.9 Å². The van der Waals surface area contributed by atoms with Crippen molar-refractivity contribution in [2.24, 2.45) is 0 Å². The van der Waals surface area contributed by atoms with Crippen LogP contribution in [-0.4, -0.2) is 50.0 Å². The Morgan fingerprint density at radius 2 is 1.66 bits per heavy atom. The van der Waals surface area contributed by atoms with Crippen molar-refractivity contribution in [3.05, 3.63) is 66.0 Å². The lowest BCUT2D eigenvalue weighted by Crippen LogP contribution is -2.54. The molecular weight excluding hydrogens is 469 g/mol. The third-order valence-corrected chi connectivity index (χ3v) is 7.46. The van der Waals surface area contributed by atoms with Crippen molar-refractivity contribution in [2.75, 3.05) is 17.1 Å². The van der Waals surface area contributed by atoms with Gasteiger partial charge in [0.1, 0.15) is 18.4 Å². The van der Waals surface area contributed by atoms with Gasteiger partial charge in [-0.15, -0.1) is 0 Å². The second kappa shape index (κ2) is 12.2. The van der Waals surface area contributed by atoms with Crippen LogP contribution in [0, 0.1) is 5.82 Å². The summed E-state index contributed by atoms with van der Waals surface area (Å²) >= 11 is 0. The van der Waals surface area contributed by atoms with Crippen LogP contribution in [0.4, 0.5) is 10.1 Å². The molecule has 0 heterocycles. The molecule has 0 spiro atoms. The Labute approximate surface area is 207 Å². The quantitative estimate of drug-likeness (QED) is 0.534. The Bertz CT molecular complexity index is 1100. The minimum atomic E-state index is -3.97. The molecule has 2 aromatic rings. The average molecular weight is 504 g/mol. The molecule has 1 saturated carbocycles. The number of amides is 2. The molecule has 0 aliphatic heterocycles. The van der Waals surface area contributed by atoms with Crippen LogP contribution in [0.5, 0.6) is 0 Å². The second-order valence-electron chi connectivity index (χ2n) is 9.00. The molecule has 9 heteroatoms. The van der Waals surface area contributed by atoms with Gasteiger partial charge >= 0.3 is 0 Å². The minimum absolute atomic E-state index is 0.0740. The topological polar surface area (TPSA) is 86.8 Å². The van der Waals surface area contributed by atoms with Gasteiger partial charge in [-0.1, -0.05) is 68.7 Å². The van der Waals surface area contributed by atoms with Gasteiger partial charge in [0.15, 0.2) is 0 Å². The van der Waals surface area contributed by atoms with Crippen molar-refractivity contribution in [1.29, 1.82) is 0 Å². The molecule has 0 radical (unpaired) electrons. The fourth-order valence-electron chi connectivity index (χ4n) is 4.49. The summed E-state index contributed by atoms with van der Waals surface area (Å²) in [6.45, 7) is 1.34. The highest BCUT2D eigenvalue weighted by Crippen LogP contribution is 2.23. The molecule has 0 unspecified atom stereocenters. The molecule has 1 N–H and O–H groups in total. The summed E-state index contributed by atoms with van der Waals surface area (Å²) in [6.07, 6.45) is 6.37. The molecular formula is C26H34FN3O4S. The summed E-state index contributed by atoms with van der Waals surface area (Å²) in [4.78, 5) is 28.3. The second-order valence-corrected chi connectivity index (χ2v) is 10.9. The zero-order valence-electron chi connectivity index (χ0n) is 20.3. The first kappa shape index (κ1) is 26.7. The van der Waals surface area contributed by atoms with E-state index in [0.717, 1.165) is 54.3 Å². The molecule has 0 aromatic heterocycles. The maximum absolute atomic E-state index is 14.5. The molecule has 3 rings (SSSR count). The zero-order chi connectivity index (χ0) is 25.4. The van der Waals surface area contributed by atoms with Crippen molar-refractivity contribution in [3.8, 4) is 0 Å². The number of anilines is 1. The maximum atomic E-state index is 14.5. The first-order valence-corrected chi connectivity index (χ1v) is 13.9. The van der Waals surface area contributed by atoms with Crippen molar-refractivity contribution in [2.45, 2.75) is 64.1 Å². The number of nitrogens with zero attached hydrogens (tertiary/aromatic N) is 2. The van der Waals surface area contributed by atoms with E-state index in [4.69, 9.17) is 0 Å². The van der Waals surface area contributed by atoms with Crippen molar-refractivity contribution >= 4 is 27.5 Å². The predicted octanol–water partition coefficient (Wildman–Crippen LogP) is 3.85. The number of halogens is 1. The summed E-state index contributed by atoms with van der Waals surface area (Å²) < 4.78 is 40.3. The summed E-state index contributed by atoms with van der Waals surface area (Å²) in [6, 6.07) is 13.9. The van der Waals surface area contributed by atoms with E-state index in [-0.39, 0.29) is 24.2 Å². The highest BCUT2D eigenvalue weighted by atomic mass is 32.2. The van der Waals surface area contributed by atoms with Crippen molar-refractivity contribution in [1.82, 2.24) is 10.2 Å². The molecule has 2 aromatic carbocycles. The van der Waals surface area contributed by atoms with Gasteiger partial charge in [-0.3, -0.25) is 13.9 Å². The molecule has 35 heavy (non-hydrogen) atoms. The average Bonchev–Trinajstić information content (AvgIpc) is 2.83. The number of rotatable bonds is 10. The molecule has 2 amide bonds. The summed E-state index contributed by atoms with van der Waals surface area (Å²) in [5, 5.41) is 3.09. The van der Waals surface area contributed by atoms with Gasteiger partial charge < -0.3 is 10.2 Å². The van der Waals surface area contributed by atoms with E-state index in [1.54, 1.807) is 0 Å². The lowest BCUT2D eigenvalue weighted by molar-refractivity contribution is -0.140. The first-order chi connectivity index (χ1) is 16.7. The number of para-hydroxylation sites is 1. The van der Waals surface area contributed by atoms with Gasteiger partial charge in [0.2, 0.25) is 21.8 Å². The van der Waals surface area contributed by atoms with Crippen LogP contribution < -0.4 is 9.62 Å². The van der Waals surface area contributed by atoms with Crippen LogP contribution >= 0.6 is 0 Å². The Kier molecular flexibility index (Phi) is 9.26. The van der Waals surface area contributed by atoms with Crippen LogP contribution in [0.3, 0.4) is 0 Å². The number of carbonyl (C=O) groups is 2. The molecule has 1 fully saturated rings. The Balaban J connectivity index is 1.90. The standard InChI is InChI=1S/C26H34FN3O4S/c1-3-23(26(32)28-21-14-8-5-9-15-21)29(18-20-12-6-4-7-13-20)25(31)19-30(35(2,33)34)24-17-11-10-16-22(24)27/h4,6-7,10-13,16-17,21,23H,3,5,8-9,14-15,18-19H2,1-2H3,(H,28,32)/t23-/m0/s1. The molecule has 0 saturated heterocycles. The van der Waals surface area contributed by atoms with Crippen LogP contribution in [-0.2, 0) is 26.2 Å². The van der Waals surface area contributed by atoms with Crippen molar-refractivity contribution in [3.63, 3.8) is 0 Å². The molecule has 190 valence electrons. The number of hydrogen-bond donors (Lipinski definition) is 1. The number of hydrogen-bond acceptors (Lipinski definition) is 4. The lowest BCUT2D eigenvalue weighted by Gasteiger charge is -2.34. The lowest BCUT2D eigenvalue weighted by atomic mass is 9.95. The number of sulfonamides is 1. The van der Waals surface area contributed by atoms with E-state index in [9.17, 15) is 22.4 Å². The molecule has 1 aliphatic rings. The highest BCUT2D eigenvalue weighted by molar-refractivity contribution is 7.92. The summed E-state index contributed by atoms with van der Waals surface area (Å²) in [5.41, 5.74) is 0.601. The summed E-state index contributed by atoms with van der Waals surface area (Å²) in [5.74, 6) is -1.57.